The van der Waals surface area contributed by atoms with Crippen molar-refractivity contribution in [3.8, 4) is 0 Å². The Hall–Kier alpha value is -1.50. The van der Waals surface area contributed by atoms with Crippen LogP contribution in [0.25, 0.3) is 10.8 Å². The molecule has 3 rings (SSSR count). The van der Waals surface area contributed by atoms with E-state index in [1.54, 1.807) is 10.9 Å². The minimum atomic E-state index is 0.680. The van der Waals surface area contributed by atoms with Gasteiger partial charge in [0.25, 0.3) is 0 Å². The second-order valence-corrected chi connectivity index (χ2v) is 9.14. The first kappa shape index (κ1) is 22.2. The summed E-state index contributed by atoms with van der Waals surface area (Å²) in [5.74, 6) is 0.695. The van der Waals surface area contributed by atoms with Crippen molar-refractivity contribution in [2.24, 2.45) is 0 Å². The summed E-state index contributed by atoms with van der Waals surface area (Å²) < 4.78 is 0. The molecule has 160 valence electrons. The maximum Gasteiger partial charge on any atom is 0.0451 e. The van der Waals surface area contributed by atoms with E-state index in [1.807, 2.05) is 0 Å². The van der Waals surface area contributed by atoms with Crippen molar-refractivity contribution in [1.29, 1.82) is 0 Å². The van der Waals surface area contributed by atoms with E-state index in [-0.39, 0.29) is 0 Å². The summed E-state index contributed by atoms with van der Waals surface area (Å²) in [5, 5.41) is 2.98. The third-order valence-electron chi connectivity index (χ3n) is 6.96. The molecule has 0 saturated carbocycles. The lowest BCUT2D eigenvalue weighted by Gasteiger charge is -2.44. The molecule has 0 bridgehead atoms. The fourth-order valence-corrected chi connectivity index (χ4v) is 5.38. The predicted octanol–water partition coefficient (Wildman–Crippen LogP) is 8.85. The molecule has 2 atom stereocenters. The molecule has 29 heavy (non-hydrogen) atoms. The van der Waals surface area contributed by atoms with Crippen molar-refractivity contribution in [1.82, 2.24) is 0 Å². The normalized spacial score (nSPS) is 18.5. The maximum atomic E-state index is 2.82. The molecule has 0 N–H and O–H groups in total. The zero-order chi connectivity index (χ0) is 20.5. The second-order valence-electron chi connectivity index (χ2n) is 9.14. The van der Waals surface area contributed by atoms with Crippen molar-refractivity contribution >= 4 is 16.5 Å². The van der Waals surface area contributed by atoms with Crippen LogP contribution < -0.4 is 4.90 Å². The lowest BCUT2D eigenvalue weighted by atomic mass is 9.77. The monoisotopic (exact) mass is 393 g/mol. The van der Waals surface area contributed by atoms with Gasteiger partial charge in [0.1, 0.15) is 0 Å². The Bertz CT molecular complexity index is 683. The molecule has 1 aliphatic rings. The topological polar surface area (TPSA) is 3.24 Å². The van der Waals surface area contributed by atoms with Gasteiger partial charge in [-0.05, 0) is 36.3 Å². The minimum Gasteiger partial charge on any atom is -0.367 e. The van der Waals surface area contributed by atoms with Crippen LogP contribution in [0.15, 0.2) is 36.4 Å². The first-order valence-corrected chi connectivity index (χ1v) is 12.6. The summed E-state index contributed by atoms with van der Waals surface area (Å²) in [6, 6.07) is 14.7. The van der Waals surface area contributed by atoms with E-state index in [4.69, 9.17) is 0 Å². The van der Waals surface area contributed by atoms with Crippen molar-refractivity contribution in [2.75, 3.05) is 11.4 Å². The van der Waals surface area contributed by atoms with Gasteiger partial charge in [0.15, 0.2) is 0 Å². The average Bonchev–Trinajstić information content (AvgIpc) is 2.75. The van der Waals surface area contributed by atoms with E-state index < -0.39 is 0 Å². The van der Waals surface area contributed by atoms with Crippen LogP contribution in [0.4, 0.5) is 5.69 Å². The highest BCUT2D eigenvalue weighted by atomic mass is 15.2. The van der Waals surface area contributed by atoms with E-state index in [2.05, 4.69) is 62.1 Å². The number of benzene rings is 2. The summed E-state index contributed by atoms with van der Waals surface area (Å²) in [5.41, 5.74) is 3.14. The van der Waals surface area contributed by atoms with Crippen LogP contribution in [0.5, 0.6) is 0 Å². The Morgan fingerprint density at radius 2 is 1.38 bits per heavy atom. The molecule has 0 aliphatic carbocycles. The quantitative estimate of drug-likeness (QED) is 0.307. The number of hydrogen-bond donors (Lipinski definition) is 0. The molecule has 0 fully saturated rings. The molecule has 1 heterocycles. The molecule has 0 radical (unpaired) electrons. The predicted molar refractivity (Wildman–Crippen MR) is 130 cm³/mol. The third-order valence-corrected chi connectivity index (χ3v) is 6.96. The number of unbranched alkanes of at least 4 members (excludes halogenated alkanes) is 7. The number of anilines is 1. The van der Waals surface area contributed by atoms with Crippen molar-refractivity contribution < 1.29 is 0 Å². The molecule has 0 amide bonds. The summed E-state index contributed by atoms with van der Waals surface area (Å²) in [7, 11) is 0. The van der Waals surface area contributed by atoms with E-state index in [0.29, 0.717) is 12.0 Å². The summed E-state index contributed by atoms with van der Waals surface area (Å²) >= 11 is 0. The molecule has 1 aliphatic heterocycles. The van der Waals surface area contributed by atoms with Gasteiger partial charge in [-0.1, -0.05) is 109 Å². The fraction of sp³-hybridized carbons (Fsp3) is 0.643. The fourth-order valence-electron chi connectivity index (χ4n) is 5.38. The molecular formula is C28H43N. The Morgan fingerprint density at radius 1 is 0.690 bits per heavy atom. The Morgan fingerprint density at radius 3 is 2.14 bits per heavy atom. The van der Waals surface area contributed by atoms with Crippen LogP contribution in [0.1, 0.15) is 109 Å². The highest BCUT2D eigenvalue weighted by Gasteiger charge is 2.34. The van der Waals surface area contributed by atoms with E-state index in [0.717, 1.165) is 0 Å². The van der Waals surface area contributed by atoms with Gasteiger partial charge in [0.05, 0.1) is 0 Å². The lowest BCUT2D eigenvalue weighted by molar-refractivity contribution is 0.406. The maximum absolute atomic E-state index is 2.82. The van der Waals surface area contributed by atoms with Crippen molar-refractivity contribution in [3.63, 3.8) is 0 Å². The second kappa shape index (κ2) is 11.6. The standard InChI is InChI=1S/C28H43N/c1-4-7-10-11-12-13-20-26-24(18-8-5-2)25-19-14-16-23-17-15-21-27(28(23)25)29(26)22-9-6-3/h14-17,19,21,24,26H,4-13,18,20,22H2,1-3H3. The molecule has 1 nitrogen and oxygen atoms in total. The largest absolute Gasteiger partial charge is 0.367 e. The molecule has 2 unspecified atom stereocenters. The van der Waals surface area contributed by atoms with Gasteiger partial charge in [0, 0.05) is 29.6 Å². The lowest BCUT2D eigenvalue weighted by Crippen LogP contribution is -2.43. The number of nitrogens with zero attached hydrogens (tertiary/aromatic N) is 1. The van der Waals surface area contributed by atoms with Crippen LogP contribution in [-0.2, 0) is 0 Å². The number of rotatable bonds is 13. The smallest absolute Gasteiger partial charge is 0.0451 e. The first-order valence-electron chi connectivity index (χ1n) is 12.6. The number of hydrogen-bond acceptors (Lipinski definition) is 1. The van der Waals surface area contributed by atoms with E-state index in [9.17, 15) is 0 Å². The molecule has 0 spiro atoms. The van der Waals surface area contributed by atoms with Crippen LogP contribution in [0.2, 0.25) is 0 Å². The SMILES string of the molecule is CCCCCCCCC1C(CCCC)c2cccc3cccc(c23)N1CCCC. The van der Waals surface area contributed by atoms with Crippen LogP contribution in [0, 0.1) is 0 Å². The molecular weight excluding hydrogens is 350 g/mol. The molecule has 0 aromatic heterocycles. The minimum absolute atomic E-state index is 0.680. The van der Waals surface area contributed by atoms with Crippen molar-refractivity contribution in [3.05, 3.63) is 42.0 Å². The van der Waals surface area contributed by atoms with Crippen LogP contribution in [0.3, 0.4) is 0 Å². The van der Waals surface area contributed by atoms with Crippen molar-refractivity contribution in [2.45, 2.75) is 110 Å². The van der Waals surface area contributed by atoms with Gasteiger partial charge in [-0.25, -0.2) is 0 Å². The van der Waals surface area contributed by atoms with Gasteiger partial charge in [0.2, 0.25) is 0 Å². The molecule has 0 saturated heterocycles. The van der Waals surface area contributed by atoms with Gasteiger partial charge in [-0.15, -0.1) is 0 Å². The average molecular weight is 394 g/mol. The first-order chi connectivity index (χ1) is 14.3. The van der Waals surface area contributed by atoms with Crippen LogP contribution in [-0.4, -0.2) is 12.6 Å². The zero-order valence-electron chi connectivity index (χ0n) is 19.3. The zero-order valence-corrected chi connectivity index (χ0v) is 19.3. The molecule has 2 aromatic rings. The molecule has 1 heteroatoms. The summed E-state index contributed by atoms with van der Waals surface area (Å²) in [6.07, 6.45) is 16.3. The Labute approximate surface area is 179 Å². The summed E-state index contributed by atoms with van der Waals surface area (Å²) in [6.45, 7) is 8.20. The van der Waals surface area contributed by atoms with E-state index in [1.165, 1.54) is 94.7 Å². The molecule has 2 aromatic carbocycles. The van der Waals surface area contributed by atoms with Gasteiger partial charge in [-0.3, -0.25) is 0 Å². The van der Waals surface area contributed by atoms with Gasteiger partial charge in [-0.2, -0.15) is 0 Å². The Kier molecular flexibility index (Phi) is 8.90. The van der Waals surface area contributed by atoms with Crippen LogP contribution >= 0.6 is 0 Å². The van der Waals surface area contributed by atoms with Gasteiger partial charge < -0.3 is 4.90 Å². The third kappa shape index (κ3) is 5.36. The Balaban J connectivity index is 1.88. The highest BCUT2D eigenvalue weighted by Crippen LogP contribution is 2.46. The summed E-state index contributed by atoms with van der Waals surface area (Å²) in [4.78, 5) is 2.82. The van der Waals surface area contributed by atoms with Gasteiger partial charge >= 0.3 is 0 Å². The highest BCUT2D eigenvalue weighted by molar-refractivity contribution is 5.98. The van der Waals surface area contributed by atoms with E-state index >= 15 is 0 Å².